The Morgan fingerprint density at radius 2 is 1.67 bits per heavy atom. The van der Waals surface area contributed by atoms with Crippen LogP contribution in [0, 0.1) is 0 Å². The van der Waals surface area contributed by atoms with Crippen LogP contribution in [-0.2, 0) is 11.0 Å². The van der Waals surface area contributed by atoms with Crippen molar-refractivity contribution in [2.45, 2.75) is 6.18 Å². The topological polar surface area (TPSA) is 87.1 Å². The minimum atomic E-state index is -4.59. The second-order valence-corrected chi connectivity index (χ2v) is 5.65. The van der Waals surface area contributed by atoms with Crippen molar-refractivity contribution in [1.29, 1.82) is 0 Å². The summed E-state index contributed by atoms with van der Waals surface area (Å²) < 4.78 is 37.7. The van der Waals surface area contributed by atoms with Gasteiger partial charge in [-0.15, -0.1) is 0 Å². The largest absolute Gasteiger partial charge is 0.451 e. The van der Waals surface area contributed by atoms with Gasteiger partial charge in [0.05, 0.1) is 18.1 Å². The molecule has 0 saturated carbocycles. The monoisotopic (exact) mass is 379 g/mol. The fourth-order valence-corrected chi connectivity index (χ4v) is 2.57. The Hall–Kier alpha value is -3.24. The lowest BCUT2D eigenvalue weighted by molar-refractivity contribution is -0.145. The Morgan fingerprint density at radius 3 is 2.30 bits per heavy atom. The van der Waals surface area contributed by atoms with E-state index in [0.717, 1.165) is 18.7 Å². The molecule has 1 fully saturated rings. The summed E-state index contributed by atoms with van der Waals surface area (Å²) in [6, 6.07) is 0. The molecule has 1 saturated heterocycles. The lowest BCUT2D eigenvalue weighted by atomic mass is 10.3. The van der Waals surface area contributed by atoms with E-state index in [1.807, 2.05) is 9.80 Å². The highest BCUT2D eigenvalue weighted by molar-refractivity contribution is 5.67. The van der Waals surface area contributed by atoms with Gasteiger partial charge in [-0.3, -0.25) is 4.79 Å². The summed E-state index contributed by atoms with van der Waals surface area (Å²) in [5.74, 6) is -0.221. The molecule has 8 nitrogen and oxygen atoms in total. The van der Waals surface area contributed by atoms with E-state index in [-0.39, 0.29) is 5.69 Å². The van der Waals surface area contributed by atoms with E-state index in [1.165, 1.54) is 12.3 Å². The molecule has 142 valence electrons. The summed E-state index contributed by atoms with van der Waals surface area (Å²) >= 11 is 0. The average Bonchev–Trinajstić information content (AvgIpc) is 2.67. The third kappa shape index (κ3) is 4.68. The average molecular weight is 379 g/mol. The fraction of sp³-hybridized carbons (Fsp3) is 0.312. The Morgan fingerprint density at radius 1 is 1.00 bits per heavy atom. The summed E-state index contributed by atoms with van der Waals surface area (Å²) in [5, 5.41) is 2.91. The van der Waals surface area contributed by atoms with Crippen LogP contribution in [0.15, 0.2) is 37.1 Å². The minimum Gasteiger partial charge on any atom is -0.374 e. The van der Waals surface area contributed by atoms with Crippen LogP contribution < -0.4 is 10.2 Å². The van der Waals surface area contributed by atoms with Gasteiger partial charge in [0.15, 0.2) is 11.6 Å². The maximum atomic E-state index is 12.6. The maximum Gasteiger partial charge on any atom is 0.451 e. The lowest BCUT2D eigenvalue weighted by Gasteiger charge is -2.35. The molecular formula is C16H16F3N7O. The Bertz CT molecular complexity index is 802. The van der Waals surface area contributed by atoms with Crippen LogP contribution in [-0.4, -0.2) is 57.3 Å². The molecule has 11 heteroatoms. The van der Waals surface area contributed by atoms with Crippen LogP contribution in [0.5, 0.6) is 0 Å². The van der Waals surface area contributed by atoms with E-state index in [4.69, 9.17) is 0 Å². The first-order valence-electron chi connectivity index (χ1n) is 8.05. The van der Waals surface area contributed by atoms with Gasteiger partial charge in [-0.25, -0.2) is 19.9 Å². The van der Waals surface area contributed by atoms with Gasteiger partial charge < -0.3 is 15.1 Å². The molecule has 0 radical (unpaired) electrons. The molecule has 0 amide bonds. The first kappa shape index (κ1) is 18.5. The van der Waals surface area contributed by atoms with Gasteiger partial charge in [0.2, 0.25) is 5.82 Å². The standard InChI is InChI=1S/C16H16F3N7O/c17-16(18,19)15-22-10-12(11-23-15)24-13-14(21-3-2-20-13)26-7-5-25(6-8-26)4-1-9-27/h1-4,9-11H,5-8H2,(H,20,24). The highest BCUT2D eigenvalue weighted by Crippen LogP contribution is 2.28. The Balaban J connectivity index is 1.71. The number of nitrogens with one attached hydrogen (secondary N) is 1. The van der Waals surface area contributed by atoms with Gasteiger partial charge in [-0.2, -0.15) is 13.2 Å². The number of piperazine rings is 1. The van der Waals surface area contributed by atoms with E-state index in [1.54, 1.807) is 12.4 Å². The highest BCUT2D eigenvalue weighted by atomic mass is 19.4. The van der Waals surface area contributed by atoms with Crippen LogP contribution in [0.4, 0.5) is 30.5 Å². The number of hydrogen-bond acceptors (Lipinski definition) is 8. The minimum absolute atomic E-state index is 0.275. The predicted molar refractivity (Wildman–Crippen MR) is 91.3 cm³/mol. The van der Waals surface area contributed by atoms with Gasteiger partial charge in [0.25, 0.3) is 0 Å². The van der Waals surface area contributed by atoms with Crippen molar-refractivity contribution in [3.8, 4) is 0 Å². The molecular weight excluding hydrogens is 363 g/mol. The Labute approximate surface area is 152 Å². The van der Waals surface area contributed by atoms with E-state index < -0.39 is 12.0 Å². The first-order chi connectivity index (χ1) is 13.0. The van der Waals surface area contributed by atoms with Gasteiger partial charge in [0.1, 0.15) is 6.29 Å². The SMILES string of the molecule is O=CC=CN1CCN(c2nccnc2Nc2cnc(C(F)(F)F)nc2)CC1. The van der Waals surface area contributed by atoms with Crippen molar-refractivity contribution in [2.24, 2.45) is 0 Å². The number of carbonyl (C=O) groups excluding carboxylic acids is 1. The Kier molecular flexibility index (Phi) is 5.48. The molecule has 0 aliphatic carbocycles. The van der Waals surface area contributed by atoms with Crippen LogP contribution in [0.2, 0.25) is 0 Å². The number of allylic oxidation sites excluding steroid dienone is 1. The second kappa shape index (κ2) is 7.98. The molecule has 0 unspecified atom stereocenters. The summed E-state index contributed by atoms with van der Waals surface area (Å²) in [5.41, 5.74) is 0.275. The number of carbonyl (C=O) groups is 1. The number of hydrogen-bond donors (Lipinski definition) is 1. The molecule has 3 heterocycles. The van der Waals surface area contributed by atoms with Crippen LogP contribution in [0.1, 0.15) is 5.82 Å². The number of anilines is 3. The molecule has 0 atom stereocenters. The molecule has 0 spiro atoms. The van der Waals surface area contributed by atoms with Crippen LogP contribution in [0.25, 0.3) is 0 Å². The van der Waals surface area contributed by atoms with Crippen molar-refractivity contribution in [3.05, 3.63) is 42.9 Å². The molecule has 1 aliphatic rings. The first-order valence-corrected chi connectivity index (χ1v) is 8.05. The summed E-state index contributed by atoms with van der Waals surface area (Å²) in [6.07, 6.45) is 4.45. The van der Waals surface area contributed by atoms with Gasteiger partial charge in [-0.1, -0.05) is 0 Å². The van der Waals surface area contributed by atoms with E-state index >= 15 is 0 Å². The smallest absolute Gasteiger partial charge is 0.374 e. The van der Waals surface area contributed by atoms with Crippen molar-refractivity contribution in [1.82, 2.24) is 24.8 Å². The quantitative estimate of drug-likeness (QED) is 0.622. The van der Waals surface area contributed by atoms with Crippen molar-refractivity contribution >= 4 is 23.6 Å². The molecule has 1 aliphatic heterocycles. The van der Waals surface area contributed by atoms with Gasteiger partial charge in [-0.05, 0) is 6.08 Å². The van der Waals surface area contributed by atoms with Gasteiger partial charge in [0, 0.05) is 44.8 Å². The summed E-state index contributed by atoms with van der Waals surface area (Å²) in [4.78, 5) is 29.6. The van der Waals surface area contributed by atoms with Crippen molar-refractivity contribution in [3.63, 3.8) is 0 Å². The lowest BCUT2D eigenvalue weighted by Crippen LogP contribution is -2.44. The molecule has 3 rings (SSSR count). The van der Waals surface area contributed by atoms with Crippen molar-refractivity contribution < 1.29 is 18.0 Å². The second-order valence-electron chi connectivity index (χ2n) is 5.65. The fourth-order valence-electron chi connectivity index (χ4n) is 2.57. The summed E-state index contributed by atoms with van der Waals surface area (Å²) in [6.45, 7) is 2.70. The van der Waals surface area contributed by atoms with E-state index in [0.29, 0.717) is 37.8 Å². The summed E-state index contributed by atoms with van der Waals surface area (Å²) in [7, 11) is 0. The number of aromatic nitrogens is 4. The zero-order valence-electron chi connectivity index (χ0n) is 14.1. The molecule has 27 heavy (non-hydrogen) atoms. The zero-order valence-corrected chi connectivity index (χ0v) is 14.1. The predicted octanol–water partition coefficient (Wildman–Crippen LogP) is 1.86. The molecule has 0 bridgehead atoms. The molecule has 1 N–H and O–H groups in total. The molecule has 2 aromatic heterocycles. The van der Waals surface area contributed by atoms with Crippen LogP contribution in [0.3, 0.4) is 0 Å². The van der Waals surface area contributed by atoms with Crippen molar-refractivity contribution in [2.75, 3.05) is 36.4 Å². The number of aldehydes is 1. The van der Waals surface area contributed by atoms with Gasteiger partial charge >= 0.3 is 6.18 Å². The van der Waals surface area contributed by atoms with Crippen LogP contribution >= 0.6 is 0 Å². The number of alkyl halides is 3. The highest BCUT2D eigenvalue weighted by Gasteiger charge is 2.34. The normalized spacial score (nSPS) is 15.2. The number of rotatable bonds is 5. The molecule has 0 aromatic carbocycles. The molecule has 2 aromatic rings. The zero-order chi connectivity index (χ0) is 19.3. The third-order valence-corrected chi connectivity index (χ3v) is 3.84. The number of halogens is 3. The third-order valence-electron chi connectivity index (χ3n) is 3.84. The van der Waals surface area contributed by atoms with E-state index in [9.17, 15) is 18.0 Å². The maximum absolute atomic E-state index is 12.6. The van der Waals surface area contributed by atoms with E-state index in [2.05, 4.69) is 25.3 Å². The number of nitrogens with zero attached hydrogens (tertiary/aromatic N) is 6.